The third-order valence-corrected chi connectivity index (χ3v) is 2.22. The van der Waals surface area contributed by atoms with E-state index in [-0.39, 0.29) is 17.2 Å². The number of H-pyrrole nitrogens is 1. The zero-order valence-corrected chi connectivity index (χ0v) is 9.58. The van der Waals surface area contributed by atoms with Gasteiger partial charge in [-0.3, -0.25) is 9.59 Å². The van der Waals surface area contributed by atoms with E-state index < -0.39 is 17.4 Å². The summed E-state index contributed by atoms with van der Waals surface area (Å²) in [4.78, 5) is 39.7. The Morgan fingerprint density at radius 2 is 1.89 bits per heavy atom. The predicted molar refractivity (Wildman–Crippen MR) is 66.2 cm³/mol. The maximum absolute atomic E-state index is 11.8. The van der Waals surface area contributed by atoms with E-state index in [0.717, 1.165) is 0 Å². The molecule has 0 aliphatic heterocycles. The number of carbonyl (C=O) groups excluding carboxylic acids is 1. The highest BCUT2D eigenvalue weighted by Crippen LogP contribution is 2.06. The van der Waals surface area contributed by atoms with Gasteiger partial charge in [0.15, 0.2) is 5.69 Å². The lowest BCUT2D eigenvalue weighted by atomic mass is 10.3. The molecule has 0 aliphatic carbocycles. The monoisotopic (exact) mass is 259 g/mol. The van der Waals surface area contributed by atoms with Crippen LogP contribution in [0.15, 0.2) is 41.2 Å². The highest BCUT2D eigenvalue weighted by molar-refractivity contribution is 6.02. The molecule has 2 rings (SSSR count). The zero-order chi connectivity index (χ0) is 13.8. The molecular formula is C12H9N3O4. The van der Waals surface area contributed by atoms with Crippen molar-refractivity contribution in [2.24, 2.45) is 0 Å². The lowest BCUT2D eigenvalue weighted by Crippen LogP contribution is -2.18. The first kappa shape index (κ1) is 12.5. The minimum absolute atomic E-state index is 0.0648. The number of carbonyl (C=O) groups is 2. The molecule has 0 fully saturated rings. The molecule has 7 heteroatoms. The maximum Gasteiger partial charge on any atom is 0.354 e. The molecule has 0 saturated heterocycles. The fourth-order valence-corrected chi connectivity index (χ4v) is 1.39. The molecule has 2 heterocycles. The SMILES string of the molecule is O=C(O)c1cccc(NC(=O)c2cccc(=O)[nH]2)n1. The molecule has 0 aromatic carbocycles. The first-order chi connectivity index (χ1) is 9.06. The molecule has 0 unspecified atom stereocenters. The average Bonchev–Trinajstić information content (AvgIpc) is 2.39. The minimum atomic E-state index is -1.19. The molecule has 19 heavy (non-hydrogen) atoms. The lowest BCUT2D eigenvalue weighted by Gasteiger charge is -2.04. The van der Waals surface area contributed by atoms with Gasteiger partial charge < -0.3 is 15.4 Å². The Bertz CT molecular complexity index is 693. The van der Waals surface area contributed by atoms with Gasteiger partial charge in [-0.05, 0) is 18.2 Å². The Labute approximate surface area is 106 Å². The second-order valence-corrected chi connectivity index (χ2v) is 3.60. The Morgan fingerprint density at radius 3 is 2.58 bits per heavy atom. The summed E-state index contributed by atoms with van der Waals surface area (Å²) in [5.41, 5.74) is -0.519. The van der Waals surface area contributed by atoms with E-state index in [4.69, 9.17) is 5.11 Å². The number of hydrogen-bond acceptors (Lipinski definition) is 4. The van der Waals surface area contributed by atoms with Crippen molar-refractivity contribution in [3.05, 3.63) is 58.1 Å². The summed E-state index contributed by atoms with van der Waals surface area (Å²) in [5.74, 6) is -1.67. The number of carboxylic acid groups (broad SMARTS) is 1. The molecular weight excluding hydrogens is 250 g/mol. The number of carboxylic acids is 1. The van der Waals surface area contributed by atoms with E-state index in [2.05, 4.69) is 15.3 Å². The van der Waals surface area contributed by atoms with Crippen molar-refractivity contribution < 1.29 is 14.7 Å². The van der Waals surface area contributed by atoms with Crippen molar-refractivity contribution >= 4 is 17.7 Å². The van der Waals surface area contributed by atoms with Gasteiger partial charge in [0, 0.05) is 6.07 Å². The van der Waals surface area contributed by atoms with Gasteiger partial charge in [-0.15, -0.1) is 0 Å². The Hall–Kier alpha value is -2.96. The van der Waals surface area contributed by atoms with Crippen LogP contribution in [0.4, 0.5) is 5.82 Å². The number of hydrogen-bond donors (Lipinski definition) is 3. The van der Waals surface area contributed by atoms with E-state index in [9.17, 15) is 14.4 Å². The number of rotatable bonds is 3. The molecule has 3 N–H and O–H groups in total. The van der Waals surface area contributed by atoms with Gasteiger partial charge >= 0.3 is 5.97 Å². The molecule has 0 saturated carbocycles. The van der Waals surface area contributed by atoms with Crippen LogP contribution in [-0.2, 0) is 0 Å². The van der Waals surface area contributed by atoms with Crippen LogP contribution < -0.4 is 10.9 Å². The summed E-state index contributed by atoms with van der Waals surface area (Å²) in [5, 5.41) is 11.2. The fraction of sp³-hybridized carbons (Fsp3) is 0. The topological polar surface area (TPSA) is 112 Å². The van der Waals surface area contributed by atoms with Crippen LogP contribution in [0, 0.1) is 0 Å². The van der Waals surface area contributed by atoms with Gasteiger partial charge in [-0.25, -0.2) is 9.78 Å². The Kier molecular flexibility index (Phi) is 3.37. The van der Waals surface area contributed by atoms with E-state index in [0.29, 0.717) is 0 Å². The number of amides is 1. The van der Waals surface area contributed by atoms with Crippen molar-refractivity contribution in [1.82, 2.24) is 9.97 Å². The number of aromatic amines is 1. The standard InChI is InChI=1S/C12H9N3O4/c16-10-6-2-3-7(14-10)11(17)15-9-5-1-4-8(13-9)12(18)19/h1-6H,(H,14,16)(H,18,19)(H,13,15,17). The minimum Gasteiger partial charge on any atom is -0.477 e. The third kappa shape index (κ3) is 3.03. The zero-order valence-electron chi connectivity index (χ0n) is 9.58. The summed E-state index contributed by atoms with van der Waals surface area (Å²) in [6.45, 7) is 0. The average molecular weight is 259 g/mol. The van der Waals surface area contributed by atoms with E-state index in [1.807, 2.05) is 0 Å². The second kappa shape index (κ2) is 5.13. The molecule has 7 nitrogen and oxygen atoms in total. The summed E-state index contributed by atoms with van der Waals surface area (Å²) >= 11 is 0. The first-order valence-electron chi connectivity index (χ1n) is 5.27. The van der Waals surface area contributed by atoms with Crippen molar-refractivity contribution in [1.29, 1.82) is 0 Å². The highest BCUT2D eigenvalue weighted by Gasteiger charge is 2.09. The van der Waals surface area contributed by atoms with Crippen molar-refractivity contribution in [3.8, 4) is 0 Å². The van der Waals surface area contributed by atoms with E-state index in [1.54, 1.807) is 0 Å². The Morgan fingerprint density at radius 1 is 1.16 bits per heavy atom. The Balaban J connectivity index is 2.22. The molecule has 1 amide bonds. The summed E-state index contributed by atoms with van der Waals surface area (Å²) < 4.78 is 0. The second-order valence-electron chi connectivity index (χ2n) is 3.60. The first-order valence-corrected chi connectivity index (χ1v) is 5.27. The molecule has 2 aromatic rings. The third-order valence-electron chi connectivity index (χ3n) is 2.22. The van der Waals surface area contributed by atoms with E-state index in [1.165, 1.54) is 36.4 Å². The quantitative estimate of drug-likeness (QED) is 0.751. The van der Waals surface area contributed by atoms with Crippen LogP contribution in [-0.4, -0.2) is 27.0 Å². The summed E-state index contributed by atoms with van der Waals surface area (Å²) in [6.07, 6.45) is 0. The van der Waals surface area contributed by atoms with Crippen molar-refractivity contribution in [2.45, 2.75) is 0 Å². The predicted octanol–water partition coefficient (Wildman–Crippen LogP) is 0.720. The van der Waals surface area contributed by atoms with Crippen LogP contribution in [0.25, 0.3) is 0 Å². The van der Waals surface area contributed by atoms with Crippen LogP contribution in [0.2, 0.25) is 0 Å². The van der Waals surface area contributed by atoms with Crippen LogP contribution >= 0.6 is 0 Å². The van der Waals surface area contributed by atoms with Crippen molar-refractivity contribution in [3.63, 3.8) is 0 Å². The number of aromatic nitrogens is 2. The molecule has 0 aliphatic rings. The largest absolute Gasteiger partial charge is 0.477 e. The van der Waals surface area contributed by atoms with Crippen LogP contribution in [0.5, 0.6) is 0 Å². The molecule has 96 valence electrons. The number of pyridine rings is 2. The van der Waals surface area contributed by atoms with Crippen molar-refractivity contribution in [2.75, 3.05) is 5.32 Å². The number of nitrogens with one attached hydrogen (secondary N) is 2. The van der Waals surface area contributed by atoms with Gasteiger partial charge in [0.25, 0.3) is 5.91 Å². The van der Waals surface area contributed by atoms with E-state index >= 15 is 0 Å². The van der Waals surface area contributed by atoms with Crippen LogP contribution in [0.3, 0.4) is 0 Å². The molecule has 2 aromatic heterocycles. The molecule has 0 bridgehead atoms. The molecule has 0 spiro atoms. The summed E-state index contributed by atoms with van der Waals surface area (Å²) in [6, 6.07) is 8.36. The van der Waals surface area contributed by atoms with Gasteiger partial charge in [0.1, 0.15) is 11.5 Å². The lowest BCUT2D eigenvalue weighted by molar-refractivity contribution is 0.0690. The van der Waals surface area contributed by atoms with Gasteiger partial charge in [0.05, 0.1) is 0 Å². The maximum atomic E-state index is 11.8. The highest BCUT2D eigenvalue weighted by atomic mass is 16.4. The fourth-order valence-electron chi connectivity index (χ4n) is 1.39. The van der Waals surface area contributed by atoms with Gasteiger partial charge in [-0.1, -0.05) is 12.1 Å². The number of nitrogens with zero attached hydrogens (tertiary/aromatic N) is 1. The number of anilines is 1. The normalized spacial score (nSPS) is 9.89. The van der Waals surface area contributed by atoms with Gasteiger partial charge in [-0.2, -0.15) is 0 Å². The van der Waals surface area contributed by atoms with Crippen LogP contribution in [0.1, 0.15) is 21.0 Å². The van der Waals surface area contributed by atoms with Gasteiger partial charge in [0.2, 0.25) is 5.56 Å². The molecule has 0 radical (unpaired) electrons. The number of aromatic carboxylic acids is 1. The summed E-state index contributed by atoms with van der Waals surface area (Å²) in [7, 11) is 0. The molecule has 0 atom stereocenters. The smallest absolute Gasteiger partial charge is 0.354 e.